The molecule has 0 spiro atoms. The maximum Gasteiger partial charge on any atom is 0.270 e. The summed E-state index contributed by atoms with van der Waals surface area (Å²) in [6, 6.07) is 8.43. The number of anilines is 1. The highest BCUT2D eigenvalue weighted by Crippen LogP contribution is 2.32. The minimum Gasteiger partial charge on any atom is -0.370 e. The van der Waals surface area contributed by atoms with Gasteiger partial charge in [0, 0.05) is 43.0 Å². The van der Waals surface area contributed by atoms with Gasteiger partial charge in [0.25, 0.3) is 5.69 Å². The number of nitro groups is 1. The third-order valence-electron chi connectivity index (χ3n) is 4.10. The van der Waals surface area contributed by atoms with E-state index >= 15 is 0 Å². The Kier molecular flexibility index (Phi) is 4.15. The molecule has 116 valence electrons. The lowest BCUT2D eigenvalue weighted by atomic mass is 9.93. The van der Waals surface area contributed by atoms with Gasteiger partial charge in [0.15, 0.2) is 0 Å². The van der Waals surface area contributed by atoms with Crippen LogP contribution in [0.25, 0.3) is 0 Å². The lowest BCUT2D eigenvalue weighted by Crippen LogP contribution is -2.35. The highest BCUT2D eigenvalue weighted by atomic mass is 16.6. The molecule has 0 saturated carbocycles. The van der Waals surface area contributed by atoms with Crippen molar-refractivity contribution in [3.05, 3.63) is 58.2 Å². The van der Waals surface area contributed by atoms with Gasteiger partial charge in [0.1, 0.15) is 12.4 Å². The second-order valence-electron chi connectivity index (χ2n) is 5.49. The maximum absolute atomic E-state index is 10.9. The molecule has 3 rings (SSSR count). The molecule has 1 fully saturated rings. The zero-order valence-electron chi connectivity index (χ0n) is 12.4. The first-order chi connectivity index (χ1) is 11.2. The molecular formula is C16H15N5O2. The van der Waals surface area contributed by atoms with Crippen LogP contribution in [0.2, 0.25) is 0 Å². The Labute approximate surface area is 133 Å². The zero-order valence-corrected chi connectivity index (χ0v) is 12.4. The highest BCUT2D eigenvalue weighted by Gasteiger charge is 2.24. The number of nitro benzene ring substituents is 1. The van der Waals surface area contributed by atoms with Crippen molar-refractivity contribution in [1.82, 2.24) is 9.97 Å². The molecular weight excluding hydrogens is 294 g/mol. The van der Waals surface area contributed by atoms with Crippen molar-refractivity contribution >= 4 is 11.4 Å². The Morgan fingerprint density at radius 3 is 2.96 bits per heavy atom. The van der Waals surface area contributed by atoms with Crippen LogP contribution < -0.4 is 4.90 Å². The van der Waals surface area contributed by atoms with Crippen LogP contribution in [0.15, 0.2) is 36.8 Å². The summed E-state index contributed by atoms with van der Waals surface area (Å²) in [7, 11) is 0. The average Bonchev–Trinajstić information content (AvgIpc) is 2.62. The topological polar surface area (TPSA) is 95.9 Å². The third-order valence-corrected chi connectivity index (χ3v) is 4.10. The molecule has 1 atom stereocenters. The molecule has 1 aliphatic rings. The Morgan fingerprint density at radius 2 is 2.26 bits per heavy atom. The summed E-state index contributed by atoms with van der Waals surface area (Å²) in [6.45, 7) is 1.57. The van der Waals surface area contributed by atoms with Crippen molar-refractivity contribution in [3.63, 3.8) is 0 Å². The normalized spacial score (nSPS) is 17.5. The van der Waals surface area contributed by atoms with Crippen LogP contribution in [-0.4, -0.2) is 28.0 Å². The summed E-state index contributed by atoms with van der Waals surface area (Å²) >= 11 is 0. The monoisotopic (exact) mass is 309 g/mol. The van der Waals surface area contributed by atoms with Crippen LogP contribution in [0.5, 0.6) is 0 Å². The molecule has 1 saturated heterocycles. The van der Waals surface area contributed by atoms with Crippen LogP contribution in [0, 0.1) is 21.4 Å². The van der Waals surface area contributed by atoms with E-state index in [1.54, 1.807) is 18.6 Å². The van der Waals surface area contributed by atoms with Gasteiger partial charge in [-0.15, -0.1) is 0 Å². The summed E-state index contributed by atoms with van der Waals surface area (Å²) in [5, 5.41) is 20.2. The van der Waals surface area contributed by atoms with Gasteiger partial charge >= 0.3 is 0 Å². The molecule has 7 nitrogen and oxygen atoms in total. The summed E-state index contributed by atoms with van der Waals surface area (Å²) in [4.78, 5) is 20.7. The highest BCUT2D eigenvalue weighted by molar-refractivity contribution is 5.63. The first kappa shape index (κ1) is 14.9. The fraction of sp³-hybridized carbons (Fsp3) is 0.312. The quantitative estimate of drug-likeness (QED) is 0.638. The van der Waals surface area contributed by atoms with E-state index in [9.17, 15) is 15.4 Å². The molecule has 1 aliphatic heterocycles. The number of aromatic nitrogens is 2. The van der Waals surface area contributed by atoms with Crippen molar-refractivity contribution in [2.75, 3.05) is 18.0 Å². The number of benzene rings is 1. The number of hydrogen-bond acceptors (Lipinski definition) is 6. The average molecular weight is 309 g/mol. The van der Waals surface area contributed by atoms with Gasteiger partial charge in [-0.05, 0) is 25.0 Å². The summed E-state index contributed by atoms with van der Waals surface area (Å²) < 4.78 is 0. The third kappa shape index (κ3) is 3.11. The Hall–Kier alpha value is -3.01. The second kappa shape index (κ2) is 6.40. The Balaban J connectivity index is 1.87. The standard InChI is InChI=1S/C16H15N5O2/c17-9-13-8-14(21(22)23)3-4-16(13)20-7-1-2-12(10-20)15-5-6-18-11-19-15/h3-6,8,11-12H,1-2,7,10H2. The number of non-ortho nitro benzene ring substituents is 1. The lowest BCUT2D eigenvalue weighted by Gasteiger charge is -2.34. The minimum absolute atomic E-state index is 0.0605. The van der Waals surface area contributed by atoms with Crippen LogP contribution in [0.1, 0.15) is 30.0 Å². The molecule has 2 aromatic rings. The van der Waals surface area contributed by atoms with Crippen molar-refractivity contribution in [1.29, 1.82) is 5.26 Å². The summed E-state index contributed by atoms with van der Waals surface area (Å²) in [6.07, 6.45) is 5.29. The van der Waals surface area contributed by atoms with Gasteiger partial charge in [0.05, 0.1) is 16.2 Å². The number of hydrogen-bond donors (Lipinski definition) is 0. The van der Waals surface area contributed by atoms with Gasteiger partial charge in [-0.2, -0.15) is 5.26 Å². The predicted molar refractivity (Wildman–Crippen MR) is 84.0 cm³/mol. The van der Waals surface area contributed by atoms with Crippen LogP contribution in [-0.2, 0) is 0 Å². The van der Waals surface area contributed by atoms with E-state index in [4.69, 9.17) is 0 Å². The molecule has 1 aromatic carbocycles. The largest absolute Gasteiger partial charge is 0.370 e. The first-order valence-corrected chi connectivity index (χ1v) is 7.38. The number of nitrogens with zero attached hydrogens (tertiary/aromatic N) is 5. The smallest absolute Gasteiger partial charge is 0.270 e. The Bertz CT molecular complexity index is 757. The predicted octanol–water partition coefficient (Wildman–Crippen LogP) is 2.64. The van der Waals surface area contributed by atoms with Gasteiger partial charge in [-0.1, -0.05) is 0 Å². The van der Waals surface area contributed by atoms with E-state index in [-0.39, 0.29) is 11.6 Å². The van der Waals surface area contributed by atoms with Crippen molar-refractivity contribution < 1.29 is 4.92 Å². The van der Waals surface area contributed by atoms with E-state index in [2.05, 4.69) is 20.9 Å². The fourth-order valence-electron chi connectivity index (χ4n) is 2.98. The molecule has 23 heavy (non-hydrogen) atoms. The molecule has 0 aliphatic carbocycles. The minimum atomic E-state index is -0.482. The zero-order chi connectivity index (χ0) is 16.2. The van der Waals surface area contributed by atoms with E-state index < -0.39 is 4.92 Å². The van der Waals surface area contributed by atoms with Crippen molar-refractivity contribution in [2.45, 2.75) is 18.8 Å². The molecule has 0 radical (unpaired) electrons. The molecule has 0 bridgehead atoms. The van der Waals surface area contributed by atoms with Crippen molar-refractivity contribution in [2.24, 2.45) is 0 Å². The van der Waals surface area contributed by atoms with E-state index in [1.165, 1.54) is 12.1 Å². The molecule has 0 amide bonds. The van der Waals surface area contributed by atoms with E-state index in [0.29, 0.717) is 5.56 Å². The van der Waals surface area contributed by atoms with Gasteiger partial charge < -0.3 is 4.90 Å². The van der Waals surface area contributed by atoms with Crippen LogP contribution >= 0.6 is 0 Å². The van der Waals surface area contributed by atoms with Crippen LogP contribution in [0.4, 0.5) is 11.4 Å². The van der Waals surface area contributed by atoms with Crippen molar-refractivity contribution in [3.8, 4) is 6.07 Å². The summed E-state index contributed by atoms with van der Waals surface area (Å²) in [5.74, 6) is 0.272. The summed E-state index contributed by atoms with van der Waals surface area (Å²) in [5.41, 5.74) is 2.01. The van der Waals surface area contributed by atoms with Gasteiger partial charge in [-0.3, -0.25) is 10.1 Å². The number of piperidine rings is 1. The fourth-order valence-corrected chi connectivity index (χ4v) is 2.98. The number of rotatable bonds is 3. The molecule has 1 unspecified atom stereocenters. The number of nitriles is 1. The maximum atomic E-state index is 10.9. The Morgan fingerprint density at radius 1 is 1.39 bits per heavy atom. The first-order valence-electron chi connectivity index (χ1n) is 7.38. The molecule has 1 aromatic heterocycles. The van der Waals surface area contributed by atoms with Gasteiger partial charge in [-0.25, -0.2) is 9.97 Å². The molecule has 7 heteroatoms. The second-order valence-corrected chi connectivity index (χ2v) is 5.49. The molecule has 0 N–H and O–H groups in total. The van der Waals surface area contributed by atoms with E-state index in [0.717, 1.165) is 37.3 Å². The molecule has 2 heterocycles. The lowest BCUT2D eigenvalue weighted by molar-refractivity contribution is -0.384. The SMILES string of the molecule is N#Cc1cc([N+](=O)[O-])ccc1N1CCCC(c2ccncn2)C1. The van der Waals surface area contributed by atoms with Gasteiger partial charge in [0.2, 0.25) is 0 Å². The van der Waals surface area contributed by atoms with Crippen LogP contribution in [0.3, 0.4) is 0 Å². The van der Waals surface area contributed by atoms with E-state index in [1.807, 2.05) is 6.07 Å².